The minimum Gasteiger partial charge on any atom is -0.370 e. The zero-order valence-electron chi connectivity index (χ0n) is 17.1. The largest absolute Gasteiger partial charge is 0.401 e. The molecule has 0 spiro atoms. The molecule has 1 aliphatic heterocycles. The Morgan fingerprint density at radius 2 is 1.91 bits per heavy atom. The number of morpholine rings is 1. The van der Waals surface area contributed by atoms with Crippen LogP contribution in [0.3, 0.4) is 0 Å². The average Bonchev–Trinajstić information content (AvgIpc) is 3.20. The lowest BCUT2D eigenvalue weighted by atomic mass is 10.2. The average molecular weight is 505 g/mol. The number of carbonyl (C=O) groups excluding carboxylic acids is 3. The van der Waals surface area contributed by atoms with Crippen LogP contribution in [-0.2, 0) is 14.3 Å². The second kappa shape index (κ2) is 11.0. The summed E-state index contributed by atoms with van der Waals surface area (Å²) in [6, 6.07) is 7.92. The number of halogens is 4. The van der Waals surface area contributed by atoms with Gasteiger partial charge in [-0.2, -0.15) is 13.2 Å². The van der Waals surface area contributed by atoms with Crippen molar-refractivity contribution in [1.82, 2.24) is 10.6 Å². The Hall–Kier alpha value is -2.67. The van der Waals surface area contributed by atoms with E-state index in [2.05, 4.69) is 16.0 Å². The highest BCUT2D eigenvalue weighted by Crippen LogP contribution is 2.22. The van der Waals surface area contributed by atoms with Gasteiger partial charge >= 0.3 is 6.18 Å². The summed E-state index contributed by atoms with van der Waals surface area (Å²) in [5, 5.41) is 7.08. The number of nitrogens with zero attached hydrogens (tertiary/aromatic N) is 1. The molecule has 0 saturated carbocycles. The lowest BCUT2D eigenvalue weighted by molar-refractivity contribution is -0.130. The van der Waals surface area contributed by atoms with Gasteiger partial charge in [0.15, 0.2) is 0 Å². The molecule has 0 unspecified atom stereocenters. The number of anilines is 2. The fourth-order valence-electron chi connectivity index (χ4n) is 2.96. The summed E-state index contributed by atoms with van der Waals surface area (Å²) < 4.78 is 43.5. The molecular formula is C20H20ClF3N4O4S. The molecule has 1 atom stereocenters. The quantitative estimate of drug-likeness (QED) is 0.513. The lowest BCUT2D eigenvalue weighted by Crippen LogP contribution is -2.50. The van der Waals surface area contributed by atoms with Gasteiger partial charge in [-0.1, -0.05) is 11.6 Å². The number of hydrogen-bond acceptors (Lipinski definition) is 6. The van der Waals surface area contributed by atoms with Crippen molar-refractivity contribution in [2.24, 2.45) is 0 Å². The minimum absolute atomic E-state index is 0.0194. The molecule has 13 heteroatoms. The fourth-order valence-corrected chi connectivity index (χ4v) is 3.92. The summed E-state index contributed by atoms with van der Waals surface area (Å²) in [6.45, 7) is -1.02. The third-order valence-electron chi connectivity index (χ3n) is 4.56. The monoisotopic (exact) mass is 504 g/mol. The van der Waals surface area contributed by atoms with Crippen LogP contribution >= 0.6 is 22.9 Å². The van der Waals surface area contributed by atoms with Gasteiger partial charge in [-0.25, -0.2) is 0 Å². The number of alkyl halides is 3. The first kappa shape index (κ1) is 25.0. The van der Waals surface area contributed by atoms with Gasteiger partial charge in [-0.05, 0) is 36.4 Å². The first-order chi connectivity index (χ1) is 15.6. The molecule has 0 radical (unpaired) electrons. The van der Waals surface area contributed by atoms with E-state index in [0.717, 1.165) is 11.3 Å². The summed E-state index contributed by atoms with van der Waals surface area (Å²) in [4.78, 5) is 38.5. The number of hydrogen-bond donors (Lipinski definition) is 3. The number of nitrogens with one attached hydrogen (secondary N) is 3. The van der Waals surface area contributed by atoms with Crippen molar-refractivity contribution in [3.05, 3.63) is 45.6 Å². The van der Waals surface area contributed by atoms with Crippen LogP contribution in [0.4, 0.5) is 24.5 Å². The highest BCUT2D eigenvalue weighted by molar-refractivity contribution is 7.18. The summed E-state index contributed by atoms with van der Waals surface area (Å²) in [6.07, 6.45) is -4.55. The molecule has 3 N–H and O–H groups in total. The van der Waals surface area contributed by atoms with E-state index in [1.54, 1.807) is 12.1 Å². The van der Waals surface area contributed by atoms with Crippen LogP contribution in [0, 0.1) is 0 Å². The van der Waals surface area contributed by atoms with E-state index in [-0.39, 0.29) is 23.9 Å². The number of benzene rings is 1. The van der Waals surface area contributed by atoms with Crippen molar-refractivity contribution in [3.8, 4) is 0 Å². The Morgan fingerprint density at radius 3 is 2.52 bits per heavy atom. The molecule has 33 heavy (non-hydrogen) atoms. The van der Waals surface area contributed by atoms with Crippen molar-refractivity contribution in [1.29, 1.82) is 0 Å². The van der Waals surface area contributed by atoms with E-state index in [1.165, 1.54) is 29.2 Å². The molecule has 178 valence electrons. The van der Waals surface area contributed by atoms with Gasteiger partial charge in [-0.3, -0.25) is 19.7 Å². The molecule has 8 nitrogen and oxygen atoms in total. The summed E-state index contributed by atoms with van der Waals surface area (Å²) in [7, 11) is 0. The van der Waals surface area contributed by atoms with Crippen molar-refractivity contribution in [2.45, 2.75) is 12.2 Å². The maximum Gasteiger partial charge on any atom is 0.401 e. The summed E-state index contributed by atoms with van der Waals surface area (Å²) in [5.74, 6) is -1.52. The van der Waals surface area contributed by atoms with E-state index in [9.17, 15) is 27.6 Å². The van der Waals surface area contributed by atoms with Gasteiger partial charge < -0.3 is 20.3 Å². The Kier molecular flexibility index (Phi) is 8.30. The Labute approximate surface area is 196 Å². The van der Waals surface area contributed by atoms with Crippen LogP contribution in [-0.4, -0.2) is 62.8 Å². The minimum atomic E-state index is -4.55. The smallest absolute Gasteiger partial charge is 0.370 e. The molecule has 2 aromatic rings. The molecule has 1 fully saturated rings. The Morgan fingerprint density at radius 1 is 1.18 bits per heavy atom. The number of amides is 3. The molecule has 3 rings (SSSR count). The molecule has 2 heterocycles. The zero-order valence-corrected chi connectivity index (χ0v) is 18.6. The maximum absolute atomic E-state index is 12.7. The summed E-state index contributed by atoms with van der Waals surface area (Å²) in [5.41, 5.74) is 0.926. The van der Waals surface area contributed by atoms with E-state index in [0.29, 0.717) is 28.9 Å². The van der Waals surface area contributed by atoms with Crippen molar-refractivity contribution in [2.75, 3.05) is 43.1 Å². The van der Waals surface area contributed by atoms with Crippen LogP contribution in [0.5, 0.6) is 0 Å². The standard InChI is InChI=1S/C20H20ClF3N4O4S/c21-16-6-5-15(33-16)19(31)25-9-14(26-11-20(22,23)24)18(30)27-12-1-3-13(4-2-12)28-7-8-32-10-17(28)29/h1-6,14,26H,7-11H2,(H,25,31)(H,27,30)/t14-/m0/s1. The van der Waals surface area contributed by atoms with E-state index < -0.39 is 30.6 Å². The van der Waals surface area contributed by atoms with Gasteiger partial charge in [0.1, 0.15) is 12.6 Å². The Balaban J connectivity index is 1.63. The van der Waals surface area contributed by atoms with Gasteiger partial charge in [-0.15, -0.1) is 11.3 Å². The summed E-state index contributed by atoms with van der Waals surface area (Å²) >= 11 is 6.79. The van der Waals surface area contributed by atoms with Crippen LogP contribution in [0.25, 0.3) is 0 Å². The van der Waals surface area contributed by atoms with Gasteiger partial charge in [0, 0.05) is 24.5 Å². The highest BCUT2D eigenvalue weighted by Gasteiger charge is 2.30. The molecule has 0 bridgehead atoms. The fraction of sp³-hybridized carbons (Fsp3) is 0.350. The second-order valence-electron chi connectivity index (χ2n) is 7.00. The molecular weight excluding hydrogens is 485 g/mol. The predicted molar refractivity (Wildman–Crippen MR) is 118 cm³/mol. The normalized spacial score (nSPS) is 15.3. The van der Waals surface area contributed by atoms with Gasteiger partial charge in [0.2, 0.25) is 5.91 Å². The Bertz CT molecular complexity index is 1000. The van der Waals surface area contributed by atoms with E-state index in [4.69, 9.17) is 16.3 Å². The first-order valence-corrected chi connectivity index (χ1v) is 10.9. The molecule has 1 saturated heterocycles. The predicted octanol–water partition coefficient (Wildman–Crippen LogP) is 2.65. The molecule has 1 aliphatic rings. The molecule has 1 aromatic carbocycles. The van der Waals surface area contributed by atoms with Gasteiger partial charge in [0.25, 0.3) is 11.8 Å². The topological polar surface area (TPSA) is 99.8 Å². The number of thiophene rings is 1. The lowest BCUT2D eigenvalue weighted by Gasteiger charge is -2.27. The number of rotatable bonds is 8. The van der Waals surface area contributed by atoms with Gasteiger partial charge in [0.05, 0.1) is 22.4 Å². The second-order valence-corrected chi connectivity index (χ2v) is 8.71. The van der Waals surface area contributed by atoms with E-state index >= 15 is 0 Å². The van der Waals surface area contributed by atoms with Crippen molar-refractivity contribution in [3.63, 3.8) is 0 Å². The molecule has 3 amide bonds. The van der Waals surface area contributed by atoms with Crippen LogP contribution in [0.1, 0.15) is 9.67 Å². The van der Waals surface area contributed by atoms with Crippen LogP contribution in [0.2, 0.25) is 4.34 Å². The first-order valence-electron chi connectivity index (χ1n) is 9.75. The third kappa shape index (κ3) is 7.42. The van der Waals surface area contributed by atoms with E-state index in [1.807, 2.05) is 0 Å². The number of carbonyl (C=O) groups is 3. The van der Waals surface area contributed by atoms with Crippen LogP contribution in [0.15, 0.2) is 36.4 Å². The number of ether oxygens (including phenoxy) is 1. The van der Waals surface area contributed by atoms with Crippen LogP contribution < -0.4 is 20.9 Å². The maximum atomic E-state index is 12.7. The third-order valence-corrected chi connectivity index (χ3v) is 5.79. The SMILES string of the molecule is O=C(NC[C@H](NCC(F)(F)F)C(=O)Nc1ccc(N2CCOCC2=O)cc1)c1ccc(Cl)s1. The molecule has 1 aromatic heterocycles. The van der Waals surface area contributed by atoms with Crippen molar-refractivity contribution >= 4 is 52.0 Å². The highest BCUT2D eigenvalue weighted by atomic mass is 35.5. The molecule has 0 aliphatic carbocycles. The van der Waals surface area contributed by atoms with Crippen molar-refractivity contribution < 1.29 is 32.3 Å². The zero-order chi connectivity index (χ0) is 24.0.